The van der Waals surface area contributed by atoms with Gasteiger partial charge in [0, 0.05) is 12.0 Å². The molecular formula is C25H20N2O4. The molecule has 1 aliphatic rings. The number of para-hydroxylation sites is 4. The zero-order valence-electron chi connectivity index (χ0n) is 16.7. The van der Waals surface area contributed by atoms with Crippen molar-refractivity contribution >= 4 is 17.7 Å². The van der Waals surface area contributed by atoms with Gasteiger partial charge in [-0.15, -0.1) is 0 Å². The fraction of sp³-hybridized carbons (Fsp3) is 0.120. The van der Waals surface area contributed by atoms with Gasteiger partial charge in [0.2, 0.25) is 0 Å². The quantitative estimate of drug-likeness (QED) is 0.461. The van der Waals surface area contributed by atoms with Crippen molar-refractivity contribution in [3.63, 3.8) is 0 Å². The van der Waals surface area contributed by atoms with Gasteiger partial charge in [-0.05, 0) is 36.4 Å². The van der Waals surface area contributed by atoms with Crippen LogP contribution >= 0.6 is 0 Å². The predicted octanol–water partition coefficient (Wildman–Crippen LogP) is 5.19. The van der Waals surface area contributed by atoms with Gasteiger partial charge in [-0.1, -0.05) is 42.5 Å². The van der Waals surface area contributed by atoms with E-state index >= 15 is 0 Å². The van der Waals surface area contributed by atoms with Crippen LogP contribution in [0.1, 0.15) is 12.0 Å². The number of hydrogen-bond acceptors (Lipinski definition) is 5. The molecule has 154 valence electrons. The smallest absolute Gasteiger partial charge is 0.266 e. The van der Waals surface area contributed by atoms with Crippen LogP contribution in [-0.4, -0.2) is 19.1 Å². The summed E-state index contributed by atoms with van der Waals surface area (Å²) in [6, 6.07) is 23.7. The average molecular weight is 412 g/mol. The zero-order valence-corrected chi connectivity index (χ0v) is 16.7. The minimum atomic E-state index is -0.543. The Morgan fingerprint density at radius 1 is 0.968 bits per heavy atom. The van der Waals surface area contributed by atoms with Crippen LogP contribution in [0.5, 0.6) is 23.0 Å². The Morgan fingerprint density at radius 2 is 1.74 bits per heavy atom. The lowest BCUT2D eigenvalue weighted by molar-refractivity contribution is -0.112. The second-order valence-electron chi connectivity index (χ2n) is 6.76. The van der Waals surface area contributed by atoms with Crippen molar-refractivity contribution in [1.29, 1.82) is 5.26 Å². The minimum Gasteiger partial charge on any atom is -0.490 e. The summed E-state index contributed by atoms with van der Waals surface area (Å²) in [4.78, 5) is 12.9. The van der Waals surface area contributed by atoms with Crippen LogP contribution < -0.4 is 19.5 Å². The normalized spacial score (nSPS) is 12.9. The molecule has 0 saturated carbocycles. The van der Waals surface area contributed by atoms with Crippen molar-refractivity contribution in [3.8, 4) is 29.1 Å². The van der Waals surface area contributed by atoms with Gasteiger partial charge in [0.15, 0.2) is 17.2 Å². The Bertz CT molecular complexity index is 1150. The molecule has 3 aromatic rings. The highest BCUT2D eigenvalue weighted by Gasteiger charge is 2.17. The number of carbonyl (C=O) groups excluding carboxylic acids is 1. The van der Waals surface area contributed by atoms with Crippen LogP contribution in [0.4, 0.5) is 5.69 Å². The first-order chi connectivity index (χ1) is 15.2. The summed E-state index contributed by atoms with van der Waals surface area (Å²) < 4.78 is 17.3. The standard InChI is InChI=1S/C25H20N2O4/c26-17-19(16-18-8-6-13-23-24(18)30-15-7-14-29-23)25(28)27-21-11-4-5-12-22(21)31-20-9-2-1-3-10-20/h1-6,8-13,16H,7,14-15H2,(H,27,28)/b19-16-. The van der Waals surface area contributed by atoms with E-state index in [0.717, 1.165) is 6.42 Å². The fourth-order valence-corrected chi connectivity index (χ4v) is 3.10. The average Bonchev–Trinajstić information content (AvgIpc) is 3.05. The number of nitriles is 1. The van der Waals surface area contributed by atoms with Gasteiger partial charge in [-0.2, -0.15) is 5.26 Å². The Hall–Kier alpha value is -4.24. The van der Waals surface area contributed by atoms with Crippen LogP contribution in [0.25, 0.3) is 6.08 Å². The molecule has 0 saturated heterocycles. The van der Waals surface area contributed by atoms with Gasteiger partial charge in [0.1, 0.15) is 17.4 Å². The molecule has 3 aromatic carbocycles. The number of benzene rings is 3. The van der Waals surface area contributed by atoms with E-state index in [2.05, 4.69) is 5.32 Å². The second kappa shape index (κ2) is 9.51. The molecule has 0 aromatic heterocycles. The zero-order chi connectivity index (χ0) is 21.5. The highest BCUT2D eigenvalue weighted by Crippen LogP contribution is 2.35. The molecule has 0 spiro atoms. The number of nitrogens with zero attached hydrogens (tertiary/aromatic N) is 1. The van der Waals surface area contributed by atoms with Gasteiger partial charge in [-0.25, -0.2) is 0 Å². The number of hydrogen-bond donors (Lipinski definition) is 1. The summed E-state index contributed by atoms with van der Waals surface area (Å²) in [5.74, 6) is 1.71. The van der Waals surface area contributed by atoms with E-state index in [1.54, 1.807) is 36.4 Å². The summed E-state index contributed by atoms with van der Waals surface area (Å²) in [6.07, 6.45) is 2.27. The lowest BCUT2D eigenvalue weighted by atomic mass is 10.1. The highest BCUT2D eigenvalue weighted by molar-refractivity contribution is 6.10. The van der Waals surface area contributed by atoms with Crippen molar-refractivity contribution in [2.24, 2.45) is 0 Å². The molecule has 0 aliphatic carbocycles. The molecule has 6 heteroatoms. The second-order valence-corrected chi connectivity index (χ2v) is 6.76. The largest absolute Gasteiger partial charge is 0.490 e. The van der Waals surface area contributed by atoms with Crippen LogP contribution in [0, 0.1) is 11.3 Å². The Morgan fingerprint density at radius 3 is 2.58 bits per heavy atom. The van der Waals surface area contributed by atoms with Gasteiger partial charge in [-0.3, -0.25) is 4.79 Å². The predicted molar refractivity (Wildman–Crippen MR) is 117 cm³/mol. The first-order valence-electron chi connectivity index (χ1n) is 9.88. The van der Waals surface area contributed by atoms with Crippen molar-refractivity contribution in [1.82, 2.24) is 0 Å². The van der Waals surface area contributed by atoms with Gasteiger partial charge in [0.05, 0.1) is 18.9 Å². The first kappa shape index (κ1) is 20.0. The summed E-state index contributed by atoms with van der Waals surface area (Å²) >= 11 is 0. The van der Waals surface area contributed by atoms with Crippen molar-refractivity contribution < 1.29 is 19.0 Å². The van der Waals surface area contributed by atoms with Crippen molar-refractivity contribution in [2.45, 2.75) is 6.42 Å². The van der Waals surface area contributed by atoms with Gasteiger partial charge < -0.3 is 19.5 Å². The third kappa shape index (κ3) is 4.85. The maximum Gasteiger partial charge on any atom is 0.266 e. The van der Waals surface area contributed by atoms with E-state index in [4.69, 9.17) is 14.2 Å². The highest BCUT2D eigenvalue weighted by atomic mass is 16.5. The molecule has 0 bridgehead atoms. The third-order valence-corrected chi connectivity index (χ3v) is 4.57. The van der Waals surface area contributed by atoms with E-state index < -0.39 is 5.91 Å². The lowest BCUT2D eigenvalue weighted by Crippen LogP contribution is -2.14. The Kier molecular flexibility index (Phi) is 6.15. The van der Waals surface area contributed by atoms with Crippen LogP contribution in [0.3, 0.4) is 0 Å². The number of carbonyl (C=O) groups is 1. The maximum atomic E-state index is 12.9. The molecule has 0 fully saturated rings. The maximum absolute atomic E-state index is 12.9. The molecule has 1 N–H and O–H groups in total. The van der Waals surface area contributed by atoms with Gasteiger partial charge >= 0.3 is 0 Å². The molecule has 0 unspecified atom stereocenters. The number of rotatable bonds is 5. The summed E-state index contributed by atoms with van der Waals surface area (Å²) in [5.41, 5.74) is 1.01. The van der Waals surface area contributed by atoms with Crippen LogP contribution in [0.15, 0.2) is 78.4 Å². The number of ether oxygens (including phenoxy) is 3. The molecule has 1 aliphatic heterocycles. The van der Waals surface area contributed by atoms with E-state index in [1.807, 2.05) is 42.5 Å². The Labute approximate surface area is 180 Å². The topological polar surface area (TPSA) is 80.6 Å². The van der Waals surface area contributed by atoms with Crippen molar-refractivity contribution in [3.05, 3.63) is 83.9 Å². The van der Waals surface area contributed by atoms with Crippen molar-refractivity contribution in [2.75, 3.05) is 18.5 Å². The number of nitrogens with one attached hydrogen (secondary N) is 1. The summed E-state index contributed by atoms with van der Waals surface area (Å²) in [5, 5.41) is 12.4. The molecule has 1 amide bonds. The van der Waals surface area contributed by atoms with E-state index in [-0.39, 0.29) is 5.57 Å². The van der Waals surface area contributed by atoms with E-state index in [9.17, 15) is 10.1 Å². The van der Waals surface area contributed by atoms with Crippen LogP contribution in [-0.2, 0) is 4.79 Å². The Balaban J connectivity index is 1.58. The number of fused-ring (bicyclic) bond motifs is 1. The molecule has 1 heterocycles. The molecule has 6 nitrogen and oxygen atoms in total. The summed E-state index contributed by atoms with van der Waals surface area (Å²) in [7, 11) is 0. The molecule has 0 radical (unpaired) electrons. The lowest BCUT2D eigenvalue weighted by Gasteiger charge is -2.12. The molecule has 4 rings (SSSR count). The SMILES string of the molecule is N#C/C(=C/c1cccc2c1OCCCO2)C(=O)Nc1ccccc1Oc1ccccc1. The van der Waals surface area contributed by atoms with Crippen LogP contribution in [0.2, 0.25) is 0 Å². The monoisotopic (exact) mass is 412 g/mol. The third-order valence-electron chi connectivity index (χ3n) is 4.57. The molecule has 31 heavy (non-hydrogen) atoms. The van der Waals surface area contributed by atoms with E-state index in [1.165, 1.54) is 6.08 Å². The first-order valence-corrected chi connectivity index (χ1v) is 9.88. The van der Waals surface area contributed by atoms with E-state index in [0.29, 0.717) is 47.5 Å². The molecular weight excluding hydrogens is 392 g/mol. The number of anilines is 1. The minimum absolute atomic E-state index is 0.0595. The fourth-order valence-electron chi connectivity index (χ4n) is 3.10. The molecule has 0 atom stereocenters. The number of amides is 1. The summed E-state index contributed by atoms with van der Waals surface area (Å²) in [6.45, 7) is 1.07. The van der Waals surface area contributed by atoms with Gasteiger partial charge in [0.25, 0.3) is 5.91 Å².